The largest absolute Gasteiger partial charge is 0.480 e. The summed E-state index contributed by atoms with van der Waals surface area (Å²) >= 11 is 0. The van der Waals surface area contributed by atoms with Crippen LogP contribution in [0.25, 0.3) is 0 Å². The molecule has 0 heterocycles. The van der Waals surface area contributed by atoms with Crippen LogP contribution in [-0.2, 0) is 9.53 Å². The van der Waals surface area contributed by atoms with E-state index in [-0.39, 0.29) is 6.61 Å². The number of alkyl halides is 3. The van der Waals surface area contributed by atoms with E-state index in [0.717, 1.165) is 0 Å². The molecule has 0 rings (SSSR count). The average Bonchev–Trinajstić information content (AvgIpc) is 2.08. The van der Waals surface area contributed by atoms with Crippen molar-refractivity contribution in [1.82, 2.24) is 5.32 Å². The normalized spacial score (nSPS) is 13.9. The smallest absolute Gasteiger partial charge is 0.391 e. The van der Waals surface area contributed by atoms with Crippen molar-refractivity contribution in [3.05, 3.63) is 0 Å². The van der Waals surface area contributed by atoms with E-state index in [1.165, 1.54) is 0 Å². The van der Waals surface area contributed by atoms with Crippen LogP contribution >= 0.6 is 0 Å². The Morgan fingerprint density at radius 1 is 1.53 bits per heavy atom. The van der Waals surface area contributed by atoms with Crippen molar-refractivity contribution < 1.29 is 27.8 Å². The molecule has 0 amide bonds. The maximum atomic E-state index is 11.7. The second kappa shape index (κ2) is 6.62. The van der Waals surface area contributed by atoms with E-state index in [4.69, 9.17) is 5.11 Å². The van der Waals surface area contributed by atoms with Crippen molar-refractivity contribution in [3.63, 3.8) is 0 Å². The molecule has 0 radical (unpaired) electrons. The van der Waals surface area contributed by atoms with E-state index in [9.17, 15) is 18.0 Å². The molecule has 0 saturated carbocycles. The highest BCUT2D eigenvalue weighted by Crippen LogP contribution is 2.18. The highest BCUT2D eigenvalue weighted by molar-refractivity contribution is 5.73. The van der Waals surface area contributed by atoms with Crippen LogP contribution in [-0.4, -0.2) is 43.1 Å². The third kappa shape index (κ3) is 8.19. The Kier molecular flexibility index (Phi) is 6.26. The Morgan fingerprint density at radius 2 is 2.13 bits per heavy atom. The minimum absolute atomic E-state index is 0.265. The van der Waals surface area contributed by atoms with Crippen molar-refractivity contribution in [2.24, 2.45) is 0 Å². The summed E-state index contributed by atoms with van der Waals surface area (Å²) in [6.07, 6.45) is -5.33. The van der Waals surface area contributed by atoms with Gasteiger partial charge in [-0.25, -0.2) is 0 Å². The maximum Gasteiger partial charge on any atom is 0.391 e. The molecule has 4 nitrogen and oxygen atoms in total. The van der Waals surface area contributed by atoms with Gasteiger partial charge in [-0.2, -0.15) is 13.2 Å². The Morgan fingerprint density at radius 3 is 2.53 bits per heavy atom. The van der Waals surface area contributed by atoms with Crippen molar-refractivity contribution in [1.29, 1.82) is 0 Å². The van der Waals surface area contributed by atoms with E-state index in [1.54, 1.807) is 6.92 Å². The van der Waals surface area contributed by atoms with Gasteiger partial charge in [-0.15, -0.1) is 0 Å². The van der Waals surface area contributed by atoms with E-state index < -0.39 is 31.2 Å². The second-order valence-electron chi connectivity index (χ2n) is 2.89. The molecule has 2 N–H and O–H groups in total. The first-order chi connectivity index (χ1) is 6.87. The first-order valence-electron chi connectivity index (χ1n) is 4.47. The monoisotopic (exact) mass is 229 g/mol. The minimum atomic E-state index is -4.27. The number of hydrogen-bond acceptors (Lipinski definition) is 3. The van der Waals surface area contributed by atoms with Gasteiger partial charge >= 0.3 is 12.1 Å². The van der Waals surface area contributed by atoms with Crippen LogP contribution in [0.15, 0.2) is 0 Å². The summed E-state index contributed by atoms with van der Waals surface area (Å²) in [5, 5.41) is 11.2. The highest BCUT2D eigenvalue weighted by Gasteiger charge is 2.27. The number of halogens is 3. The molecule has 15 heavy (non-hydrogen) atoms. The Bertz CT molecular complexity index is 196. The third-order valence-electron chi connectivity index (χ3n) is 1.56. The highest BCUT2D eigenvalue weighted by atomic mass is 19.4. The number of carboxylic acids is 1. The van der Waals surface area contributed by atoms with Gasteiger partial charge in [-0.3, -0.25) is 4.79 Å². The predicted molar refractivity (Wildman–Crippen MR) is 46.6 cm³/mol. The molecule has 1 unspecified atom stereocenters. The summed E-state index contributed by atoms with van der Waals surface area (Å²) in [7, 11) is 0. The fourth-order valence-corrected chi connectivity index (χ4v) is 0.853. The summed E-state index contributed by atoms with van der Waals surface area (Å²) in [6.45, 7) is 1.34. The van der Waals surface area contributed by atoms with Gasteiger partial charge in [0.15, 0.2) is 0 Å². The number of rotatable bonds is 7. The lowest BCUT2D eigenvalue weighted by Crippen LogP contribution is -2.40. The van der Waals surface area contributed by atoms with Crippen LogP contribution in [0.1, 0.15) is 13.3 Å². The minimum Gasteiger partial charge on any atom is -0.480 e. The van der Waals surface area contributed by atoms with E-state index in [0.29, 0.717) is 6.54 Å². The van der Waals surface area contributed by atoms with Crippen LogP contribution < -0.4 is 5.32 Å². The van der Waals surface area contributed by atoms with Crippen molar-refractivity contribution in [3.8, 4) is 0 Å². The van der Waals surface area contributed by atoms with Gasteiger partial charge in [0.1, 0.15) is 6.04 Å². The van der Waals surface area contributed by atoms with Crippen molar-refractivity contribution in [2.75, 3.05) is 19.8 Å². The maximum absolute atomic E-state index is 11.7. The first kappa shape index (κ1) is 14.2. The lowest BCUT2D eigenvalue weighted by Gasteiger charge is -2.13. The Labute approximate surface area is 85.4 Å². The summed E-state index contributed by atoms with van der Waals surface area (Å²) in [4.78, 5) is 10.5. The lowest BCUT2D eigenvalue weighted by atomic mass is 10.3. The predicted octanol–water partition coefficient (Wildman–Crippen LogP) is 1.02. The van der Waals surface area contributed by atoms with Gasteiger partial charge in [0.05, 0.1) is 19.6 Å². The van der Waals surface area contributed by atoms with Crippen LogP contribution in [0.3, 0.4) is 0 Å². The molecule has 0 aromatic rings. The SMILES string of the molecule is CCNC(COCCC(F)(F)F)C(=O)O. The lowest BCUT2D eigenvalue weighted by molar-refractivity contribution is -0.148. The van der Waals surface area contributed by atoms with Crippen LogP contribution in [0, 0.1) is 0 Å². The Hall–Kier alpha value is -0.820. The molecule has 90 valence electrons. The zero-order chi connectivity index (χ0) is 11.9. The third-order valence-corrected chi connectivity index (χ3v) is 1.56. The molecule has 0 bridgehead atoms. The average molecular weight is 229 g/mol. The Balaban J connectivity index is 3.67. The van der Waals surface area contributed by atoms with E-state index >= 15 is 0 Å². The zero-order valence-corrected chi connectivity index (χ0v) is 8.30. The summed E-state index contributed by atoms with van der Waals surface area (Å²) < 4.78 is 39.6. The standard InChI is InChI=1S/C8H14F3NO3/c1-2-12-6(7(13)14)5-15-4-3-8(9,10)11/h6,12H,2-5H2,1H3,(H,13,14). The molecule has 0 aliphatic carbocycles. The molecule has 0 aliphatic rings. The van der Waals surface area contributed by atoms with Crippen LogP contribution in [0.2, 0.25) is 0 Å². The fraction of sp³-hybridized carbons (Fsp3) is 0.875. The number of ether oxygens (including phenoxy) is 1. The molecule has 0 fully saturated rings. The number of aliphatic carboxylic acids is 1. The summed E-state index contributed by atoms with van der Waals surface area (Å²) in [6, 6.07) is -0.955. The number of hydrogen-bond donors (Lipinski definition) is 2. The molecule has 1 atom stereocenters. The molecule has 0 saturated heterocycles. The quantitative estimate of drug-likeness (QED) is 0.640. The number of likely N-dealkylation sites (N-methyl/N-ethyl adjacent to an activating group) is 1. The van der Waals surface area contributed by atoms with Crippen molar-refractivity contribution >= 4 is 5.97 Å². The molecule has 0 aromatic heterocycles. The van der Waals surface area contributed by atoms with Crippen LogP contribution in [0.5, 0.6) is 0 Å². The van der Waals surface area contributed by atoms with Gasteiger partial charge in [0, 0.05) is 0 Å². The fourth-order valence-electron chi connectivity index (χ4n) is 0.853. The van der Waals surface area contributed by atoms with Crippen molar-refractivity contribution in [2.45, 2.75) is 25.6 Å². The summed E-state index contributed by atoms with van der Waals surface area (Å²) in [5.41, 5.74) is 0. The van der Waals surface area contributed by atoms with Gasteiger partial charge in [0.2, 0.25) is 0 Å². The van der Waals surface area contributed by atoms with Crippen LogP contribution in [0.4, 0.5) is 13.2 Å². The number of nitrogens with one attached hydrogen (secondary N) is 1. The number of carboxylic acid groups (broad SMARTS) is 1. The molecule has 0 aliphatic heterocycles. The van der Waals surface area contributed by atoms with Gasteiger partial charge in [-0.1, -0.05) is 6.92 Å². The van der Waals surface area contributed by atoms with Gasteiger partial charge in [-0.05, 0) is 6.54 Å². The molecular formula is C8H14F3NO3. The summed E-state index contributed by atoms with van der Waals surface area (Å²) in [5.74, 6) is -1.14. The molecular weight excluding hydrogens is 215 g/mol. The molecule has 0 aromatic carbocycles. The zero-order valence-electron chi connectivity index (χ0n) is 8.30. The second-order valence-corrected chi connectivity index (χ2v) is 2.89. The van der Waals surface area contributed by atoms with E-state index in [2.05, 4.69) is 10.1 Å². The molecule has 0 spiro atoms. The van der Waals surface area contributed by atoms with E-state index in [1.807, 2.05) is 0 Å². The number of carbonyl (C=O) groups is 1. The molecule has 7 heteroatoms. The van der Waals surface area contributed by atoms with Gasteiger partial charge in [0.25, 0.3) is 0 Å². The first-order valence-corrected chi connectivity index (χ1v) is 4.47. The topological polar surface area (TPSA) is 58.6 Å². The van der Waals surface area contributed by atoms with Gasteiger partial charge < -0.3 is 15.2 Å².